The van der Waals surface area contributed by atoms with E-state index in [1.54, 1.807) is 0 Å². The second kappa shape index (κ2) is 6.08. The maximum absolute atomic E-state index is 4.38. The van der Waals surface area contributed by atoms with Crippen LogP contribution < -0.4 is 5.32 Å². The van der Waals surface area contributed by atoms with E-state index in [2.05, 4.69) is 30.5 Å². The number of hydrogen-bond acceptors (Lipinski definition) is 2. The van der Waals surface area contributed by atoms with Gasteiger partial charge >= 0.3 is 0 Å². The van der Waals surface area contributed by atoms with Crippen LogP contribution in [0.5, 0.6) is 0 Å². The van der Waals surface area contributed by atoms with Crippen molar-refractivity contribution >= 4 is 5.69 Å². The Kier molecular flexibility index (Phi) is 4.46. The zero-order valence-corrected chi connectivity index (χ0v) is 11.2. The normalized spacial score (nSPS) is 19.0. The van der Waals surface area contributed by atoms with Crippen LogP contribution in [0.25, 0.3) is 0 Å². The molecule has 1 aromatic heterocycles. The molecule has 1 aliphatic carbocycles. The summed E-state index contributed by atoms with van der Waals surface area (Å²) in [5, 5.41) is 8.02. The van der Waals surface area contributed by atoms with Crippen LogP contribution in [0.1, 0.15) is 64.8 Å². The first-order chi connectivity index (χ1) is 8.25. The molecule has 1 saturated carbocycles. The van der Waals surface area contributed by atoms with Gasteiger partial charge in [0.25, 0.3) is 0 Å². The smallest absolute Gasteiger partial charge is 0.0728 e. The van der Waals surface area contributed by atoms with Crippen molar-refractivity contribution in [3.05, 3.63) is 12.4 Å². The van der Waals surface area contributed by atoms with Crippen molar-refractivity contribution in [2.45, 2.75) is 70.9 Å². The molecule has 0 radical (unpaired) electrons. The van der Waals surface area contributed by atoms with Gasteiger partial charge in [0.15, 0.2) is 0 Å². The van der Waals surface area contributed by atoms with E-state index in [4.69, 9.17) is 0 Å². The van der Waals surface area contributed by atoms with E-state index in [0.29, 0.717) is 12.1 Å². The molecule has 1 fully saturated rings. The van der Waals surface area contributed by atoms with Crippen LogP contribution in [0.15, 0.2) is 12.4 Å². The fourth-order valence-corrected chi connectivity index (χ4v) is 2.53. The van der Waals surface area contributed by atoms with Crippen LogP contribution in [-0.4, -0.2) is 15.8 Å². The molecule has 0 aromatic carbocycles. The molecule has 1 aliphatic rings. The highest BCUT2D eigenvalue weighted by atomic mass is 15.3. The molecule has 17 heavy (non-hydrogen) atoms. The number of nitrogens with zero attached hydrogens (tertiary/aromatic N) is 2. The topological polar surface area (TPSA) is 29.9 Å². The predicted octanol–water partition coefficient (Wildman–Crippen LogP) is 3.99. The molecule has 1 heterocycles. The highest BCUT2D eigenvalue weighted by Gasteiger charge is 2.12. The zero-order chi connectivity index (χ0) is 12.1. The van der Waals surface area contributed by atoms with Crippen molar-refractivity contribution < 1.29 is 0 Å². The summed E-state index contributed by atoms with van der Waals surface area (Å²) >= 11 is 0. The van der Waals surface area contributed by atoms with Crippen LogP contribution in [0, 0.1) is 0 Å². The lowest BCUT2D eigenvalue weighted by atomic mass is 9.97. The van der Waals surface area contributed by atoms with E-state index < -0.39 is 0 Å². The lowest BCUT2D eigenvalue weighted by Gasteiger charge is -2.21. The fourth-order valence-electron chi connectivity index (χ4n) is 2.53. The van der Waals surface area contributed by atoms with E-state index in [0.717, 1.165) is 0 Å². The van der Waals surface area contributed by atoms with Gasteiger partial charge in [-0.1, -0.05) is 32.1 Å². The van der Waals surface area contributed by atoms with Gasteiger partial charge in [-0.15, -0.1) is 0 Å². The highest BCUT2D eigenvalue weighted by molar-refractivity contribution is 5.39. The third-order valence-corrected chi connectivity index (χ3v) is 3.61. The van der Waals surface area contributed by atoms with Crippen molar-refractivity contribution in [2.75, 3.05) is 5.32 Å². The molecule has 2 rings (SSSR count). The van der Waals surface area contributed by atoms with E-state index in [1.165, 1.54) is 50.6 Å². The maximum Gasteiger partial charge on any atom is 0.0728 e. The molecule has 0 atom stereocenters. The molecule has 0 saturated heterocycles. The van der Waals surface area contributed by atoms with Crippen LogP contribution in [-0.2, 0) is 0 Å². The minimum Gasteiger partial charge on any atom is -0.380 e. The number of nitrogens with one attached hydrogen (secondary N) is 1. The zero-order valence-electron chi connectivity index (χ0n) is 11.2. The summed E-state index contributed by atoms with van der Waals surface area (Å²) in [6.45, 7) is 4.32. The molecule has 0 bridgehead atoms. The third-order valence-electron chi connectivity index (χ3n) is 3.61. The molecule has 3 heteroatoms. The second-order valence-corrected chi connectivity index (χ2v) is 5.49. The van der Waals surface area contributed by atoms with Crippen molar-refractivity contribution in [1.29, 1.82) is 0 Å². The van der Waals surface area contributed by atoms with Crippen molar-refractivity contribution in [3.8, 4) is 0 Å². The summed E-state index contributed by atoms with van der Waals surface area (Å²) in [6.07, 6.45) is 13.7. The molecule has 0 amide bonds. The van der Waals surface area contributed by atoms with Gasteiger partial charge in [-0.05, 0) is 26.7 Å². The molecule has 1 aromatic rings. The Bertz CT molecular complexity index is 322. The monoisotopic (exact) mass is 235 g/mol. The maximum atomic E-state index is 4.38. The largest absolute Gasteiger partial charge is 0.380 e. The van der Waals surface area contributed by atoms with E-state index in [1.807, 2.05) is 10.9 Å². The van der Waals surface area contributed by atoms with Gasteiger partial charge in [0.1, 0.15) is 0 Å². The standard InChI is InChI=1S/C14H25N3/c1-12(2)17-11-14(10-15-17)16-13-8-6-4-3-5-7-9-13/h10-13,16H,3-9H2,1-2H3. The summed E-state index contributed by atoms with van der Waals surface area (Å²) in [7, 11) is 0. The number of hydrogen-bond donors (Lipinski definition) is 1. The van der Waals surface area contributed by atoms with Gasteiger partial charge in [-0.25, -0.2) is 0 Å². The third kappa shape index (κ3) is 3.76. The first-order valence-electron chi connectivity index (χ1n) is 7.06. The Morgan fingerprint density at radius 2 is 1.82 bits per heavy atom. The Balaban J connectivity index is 1.89. The van der Waals surface area contributed by atoms with Crippen molar-refractivity contribution in [1.82, 2.24) is 9.78 Å². The number of anilines is 1. The molecule has 0 spiro atoms. The van der Waals surface area contributed by atoms with Gasteiger partial charge < -0.3 is 5.32 Å². The van der Waals surface area contributed by atoms with Crippen molar-refractivity contribution in [2.24, 2.45) is 0 Å². The summed E-state index contributed by atoms with van der Waals surface area (Å²) in [5.41, 5.74) is 1.18. The lowest BCUT2D eigenvalue weighted by molar-refractivity contribution is 0.471. The summed E-state index contributed by atoms with van der Waals surface area (Å²) in [4.78, 5) is 0. The first kappa shape index (κ1) is 12.5. The number of rotatable bonds is 3. The number of aromatic nitrogens is 2. The second-order valence-electron chi connectivity index (χ2n) is 5.49. The SMILES string of the molecule is CC(C)n1cc(NC2CCCCCCC2)cn1. The van der Waals surface area contributed by atoms with Crippen LogP contribution in [0.4, 0.5) is 5.69 Å². The molecule has 0 unspecified atom stereocenters. The van der Waals surface area contributed by atoms with Crippen LogP contribution >= 0.6 is 0 Å². The molecule has 0 aliphatic heterocycles. The first-order valence-corrected chi connectivity index (χ1v) is 7.06. The van der Waals surface area contributed by atoms with Gasteiger partial charge in [0, 0.05) is 18.3 Å². The Hall–Kier alpha value is -0.990. The van der Waals surface area contributed by atoms with E-state index in [9.17, 15) is 0 Å². The summed E-state index contributed by atoms with van der Waals surface area (Å²) < 4.78 is 2.02. The fraction of sp³-hybridized carbons (Fsp3) is 0.786. The minimum atomic E-state index is 0.447. The molecule has 96 valence electrons. The highest BCUT2D eigenvalue weighted by Crippen LogP contribution is 2.21. The van der Waals surface area contributed by atoms with Crippen molar-refractivity contribution in [3.63, 3.8) is 0 Å². The average molecular weight is 235 g/mol. The summed E-state index contributed by atoms with van der Waals surface area (Å²) in [5.74, 6) is 0. The average Bonchev–Trinajstić information content (AvgIpc) is 2.70. The van der Waals surface area contributed by atoms with Gasteiger partial charge in [0.05, 0.1) is 11.9 Å². The minimum absolute atomic E-state index is 0.447. The van der Waals surface area contributed by atoms with Crippen LogP contribution in [0.3, 0.4) is 0 Å². The predicted molar refractivity (Wildman–Crippen MR) is 72.3 cm³/mol. The Morgan fingerprint density at radius 1 is 1.18 bits per heavy atom. The van der Waals surface area contributed by atoms with E-state index >= 15 is 0 Å². The lowest BCUT2D eigenvalue weighted by Crippen LogP contribution is -2.20. The van der Waals surface area contributed by atoms with Gasteiger partial charge in [-0.3, -0.25) is 4.68 Å². The summed E-state index contributed by atoms with van der Waals surface area (Å²) in [6, 6.07) is 1.10. The van der Waals surface area contributed by atoms with E-state index in [-0.39, 0.29) is 0 Å². The molecule has 3 nitrogen and oxygen atoms in total. The molecular weight excluding hydrogens is 210 g/mol. The Morgan fingerprint density at radius 3 is 2.41 bits per heavy atom. The Labute approximate surface area is 105 Å². The van der Waals surface area contributed by atoms with Gasteiger partial charge in [-0.2, -0.15) is 5.10 Å². The molecule has 1 N–H and O–H groups in total. The van der Waals surface area contributed by atoms with Crippen LogP contribution in [0.2, 0.25) is 0 Å². The molecular formula is C14H25N3. The van der Waals surface area contributed by atoms with Gasteiger partial charge in [0.2, 0.25) is 0 Å². The quantitative estimate of drug-likeness (QED) is 0.858.